The van der Waals surface area contributed by atoms with Gasteiger partial charge in [0.15, 0.2) is 0 Å². The van der Waals surface area contributed by atoms with E-state index in [2.05, 4.69) is 10.6 Å². The van der Waals surface area contributed by atoms with Crippen molar-refractivity contribution < 1.29 is 19.5 Å². The van der Waals surface area contributed by atoms with Gasteiger partial charge in [-0.1, -0.05) is 12.1 Å². The Labute approximate surface area is 152 Å². The summed E-state index contributed by atoms with van der Waals surface area (Å²) < 4.78 is 0. The number of carboxylic acid groups (broad SMARTS) is 1. The molecule has 6 nitrogen and oxygen atoms in total. The first kappa shape index (κ1) is 21.0. The van der Waals surface area contributed by atoms with Crippen LogP contribution < -0.4 is 10.6 Å². The fraction of sp³-hybridized carbons (Fsp3) is 0.500. The Kier molecular flexibility index (Phi) is 9.05. The molecule has 3 N–H and O–H groups in total. The molecule has 0 heterocycles. The highest BCUT2D eigenvalue weighted by Crippen LogP contribution is 2.21. The van der Waals surface area contributed by atoms with E-state index in [0.29, 0.717) is 6.42 Å². The summed E-state index contributed by atoms with van der Waals surface area (Å²) in [5, 5.41) is 14.6. The molecule has 138 valence electrons. The highest BCUT2D eigenvalue weighted by Gasteiger charge is 2.18. The number of rotatable bonds is 10. The smallest absolute Gasteiger partial charge is 0.305 e. The average Bonchev–Trinajstić information content (AvgIpc) is 2.53. The highest BCUT2D eigenvalue weighted by molar-refractivity contribution is 7.98. The molecule has 1 rings (SSSR count). The van der Waals surface area contributed by atoms with Gasteiger partial charge in [0.05, 0.1) is 12.5 Å². The van der Waals surface area contributed by atoms with Gasteiger partial charge in [-0.05, 0) is 44.2 Å². The molecular weight excluding hydrogens is 340 g/mol. The van der Waals surface area contributed by atoms with Gasteiger partial charge in [0.25, 0.3) is 0 Å². The molecule has 0 spiro atoms. The summed E-state index contributed by atoms with van der Waals surface area (Å²) in [6.45, 7) is 3.76. The normalized spacial score (nSPS) is 11.8. The molecule has 0 saturated carbocycles. The van der Waals surface area contributed by atoms with Gasteiger partial charge in [-0.15, -0.1) is 11.8 Å². The summed E-state index contributed by atoms with van der Waals surface area (Å²) in [5.41, 5.74) is 0.756. The van der Waals surface area contributed by atoms with E-state index >= 15 is 0 Å². The minimum Gasteiger partial charge on any atom is -0.481 e. The van der Waals surface area contributed by atoms with Crippen molar-refractivity contribution in [1.29, 1.82) is 0 Å². The lowest BCUT2D eigenvalue weighted by molar-refractivity contribution is -0.137. The van der Waals surface area contributed by atoms with Crippen molar-refractivity contribution >= 4 is 29.5 Å². The van der Waals surface area contributed by atoms with Crippen LogP contribution in [0.1, 0.15) is 51.1 Å². The first-order chi connectivity index (χ1) is 11.8. The van der Waals surface area contributed by atoms with Gasteiger partial charge in [0.2, 0.25) is 11.8 Å². The maximum Gasteiger partial charge on any atom is 0.305 e. The van der Waals surface area contributed by atoms with Gasteiger partial charge in [0, 0.05) is 23.8 Å². The van der Waals surface area contributed by atoms with Gasteiger partial charge < -0.3 is 15.7 Å². The first-order valence-corrected chi connectivity index (χ1v) is 9.48. The summed E-state index contributed by atoms with van der Waals surface area (Å²) in [5.74, 6) is -1.31. The van der Waals surface area contributed by atoms with Gasteiger partial charge in [-0.3, -0.25) is 14.4 Å². The third-order valence-electron chi connectivity index (χ3n) is 3.49. The first-order valence-electron chi connectivity index (χ1n) is 8.26. The van der Waals surface area contributed by atoms with E-state index in [1.165, 1.54) is 0 Å². The minimum absolute atomic E-state index is 0.0746. The quantitative estimate of drug-likeness (QED) is 0.553. The van der Waals surface area contributed by atoms with Crippen LogP contribution in [0.4, 0.5) is 0 Å². The number of benzene rings is 1. The van der Waals surface area contributed by atoms with E-state index in [1.807, 2.05) is 44.4 Å². The Hall–Kier alpha value is -2.02. The van der Waals surface area contributed by atoms with E-state index in [1.54, 1.807) is 11.8 Å². The molecule has 1 aromatic rings. The van der Waals surface area contributed by atoms with Gasteiger partial charge >= 0.3 is 5.97 Å². The number of hydrogen-bond donors (Lipinski definition) is 3. The Bertz CT molecular complexity index is 587. The number of carboxylic acids is 1. The largest absolute Gasteiger partial charge is 0.481 e. The van der Waals surface area contributed by atoms with Crippen LogP contribution in [0.5, 0.6) is 0 Å². The Morgan fingerprint density at radius 1 is 1.04 bits per heavy atom. The molecule has 0 radical (unpaired) electrons. The van der Waals surface area contributed by atoms with E-state index in [9.17, 15) is 14.4 Å². The Morgan fingerprint density at radius 2 is 1.60 bits per heavy atom. The lowest BCUT2D eigenvalue weighted by Gasteiger charge is -2.18. The molecule has 0 fully saturated rings. The van der Waals surface area contributed by atoms with Crippen LogP contribution in [-0.4, -0.2) is 35.2 Å². The molecular formula is C18H26N2O4S. The zero-order valence-electron chi connectivity index (χ0n) is 14.9. The lowest BCUT2D eigenvalue weighted by atomic mass is 10.0. The number of hydrogen-bond acceptors (Lipinski definition) is 4. The van der Waals surface area contributed by atoms with Gasteiger partial charge in [-0.25, -0.2) is 0 Å². The monoisotopic (exact) mass is 366 g/mol. The van der Waals surface area contributed by atoms with Crippen molar-refractivity contribution in [2.24, 2.45) is 0 Å². The zero-order chi connectivity index (χ0) is 18.8. The molecule has 0 aliphatic heterocycles. The molecule has 0 aromatic heterocycles. The molecule has 25 heavy (non-hydrogen) atoms. The fourth-order valence-electron chi connectivity index (χ4n) is 2.33. The Balaban J connectivity index is 2.57. The number of nitrogens with one attached hydrogen (secondary N) is 2. The van der Waals surface area contributed by atoms with Gasteiger partial charge in [0.1, 0.15) is 0 Å². The van der Waals surface area contributed by atoms with Crippen LogP contribution in [0, 0.1) is 0 Å². The van der Waals surface area contributed by atoms with Crippen molar-refractivity contribution in [1.82, 2.24) is 10.6 Å². The van der Waals surface area contributed by atoms with Crippen LogP contribution in [0.25, 0.3) is 0 Å². The van der Waals surface area contributed by atoms with Crippen LogP contribution >= 0.6 is 11.8 Å². The van der Waals surface area contributed by atoms with Gasteiger partial charge in [-0.2, -0.15) is 0 Å². The van der Waals surface area contributed by atoms with Crippen molar-refractivity contribution in [2.45, 2.75) is 56.5 Å². The molecule has 0 aliphatic rings. The van der Waals surface area contributed by atoms with E-state index in [4.69, 9.17) is 5.11 Å². The highest BCUT2D eigenvalue weighted by atomic mass is 32.2. The molecule has 1 aromatic carbocycles. The molecule has 0 bridgehead atoms. The fourth-order valence-corrected chi connectivity index (χ4v) is 2.74. The third-order valence-corrected chi connectivity index (χ3v) is 4.23. The summed E-state index contributed by atoms with van der Waals surface area (Å²) in [6.07, 6.45) is 2.66. The van der Waals surface area contributed by atoms with Crippen LogP contribution in [-0.2, 0) is 14.4 Å². The Morgan fingerprint density at radius 3 is 2.08 bits per heavy atom. The number of carbonyl (C=O) groups is 3. The minimum atomic E-state index is -0.976. The summed E-state index contributed by atoms with van der Waals surface area (Å²) in [6, 6.07) is 6.95. The van der Waals surface area contributed by atoms with Crippen LogP contribution in [0.3, 0.4) is 0 Å². The lowest BCUT2D eigenvalue weighted by Crippen LogP contribution is -2.31. The van der Waals surface area contributed by atoms with Crippen molar-refractivity contribution in [3.8, 4) is 0 Å². The summed E-state index contributed by atoms with van der Waals surface area (Å²) in [4.78, 5) is 35.8. The number of amides is 2. The molecule has 0 saturated heterocycles. The van der Waals surface area contributed by atoms with Crippen molar-refractivity contribution in [3.63, 3.8) is 0 Å². The van der Waals surface area contributed by atoms with Crippen LogP contribution in [0.15, 0.2) is 29.2 Å². The summed E-state index contributed by atoms with van der Waals surface area (Å²) in [7, 11) is 0. The molecule has 0 aliphatic carbocycles. The van der Waals surface area contributed by atoms with Crippen LogP contribution in [0.2, 0.25) is 0 Å². The van der Waals surface area contributed by atoms with E-state index in [0.717, 1.165) is 10.5 Å². The summed E-state index contributed by atoms with van der Waals surface area (Å²) >= 11 is 1.59. The number of thioether (sulfide) groups is 1. The number of carbonyl (C=O) groups excluding carboxylic acids is 2. The second-order valence-electron chi connectivity index (χ2n) is 6.07. The second kappa shape index (κ2) is 10.8. The maximum absolute atomic E-state index is 12.1. The van der Waals surface area contributed by atoms with E-state index in [-0.39, 0.29) is 37.1 Å². The zero-order valence-corrected chi connectivity index (χ0v) is 15.7. The topological polar surface area (TPSA) is 95.5 Å². The predicted octanol–water partition coefficient (Wildman–Crippen LogP) is 2.74. The third kappa shape index (κ3) is 8.58. The standard InChI is InChI=1S/C18H26N2O4S/c1-12(2)19-16(21)5-4-6-17(22)20-15(11-18(23)24)13-7-9-14(25-3)10-8-13/h7-10,12,15H,4-6,11H2,1-3H3,(H,19,21)(H,20,22)(H,23,24). The second-order valence-corrected chi connectivity index (χ2v) is 6.95. The molecule has 1 atom stereocenters. The maximum atomic E-state index is 12.1. The predicted molar refractivity (Wildman–Crippen MR) is 98.5 cm³/mol. The molecule has 2 amide bonds. The average molecular weight is 366 g/mol. The number of aliphatic carboxylic acids is 1. The molecule has 7 heteroatoms. The molecule has 1 unspecified atom stereocenters. The van der Waals surface area contributed by atoms with Crippen molar-refractivity contribution in [2.75, 3.05) is 6.26 Å². The van der Waals surface area contributed by atoms with Crippen molar-refractivity contribution in [3.05, 3.63) is 29.8 Å². The SMILES string of the molecule is CSc1ccc(C(CC(=O)O)NC(=O)CCCC(=O)NC(C)C)cc1. The van der Waals surface area contributed by atoms with E-state index < -0.39 is 12.0 Å².